The summed E-state index contributed by atoms with van der Waals surface area (Å²) in [6.45, 7) is 2.96. The zero-order valence-electron chi connectivity index (χ0n) is 11.6. The smallest absolute Gasteiger partial charge is 0.330 e. The molecule has 2 rings (SSSR count). The average molecular weight is 283 g/mol. The zero-order chi connectivity index (χ0) is 14.5. The second kappa shape index (κ2) is 6.83. The van der Waals surface area contributed by atoms with Crippen molar-refractivity contribution in [3.8, 4) is 0 Å². The number of hydrogen-bond donors (Lipinski definition) is 3. The van der Waals surface area contributed by atoms with Crippen molar-refractivity contribution in [2.45, 2.75) is 38.5 Å². The highest BCUT2D eigenvalue weighted by Crippen LogP contribution is 2.12. The number of nitrogens with zero attached hydrogens (tertiary/aromatic N) is 1. The summed E-state index contributed by atoms with van der Waals surface area (Å²) < 4.78 is 7.02. The molecule has 2 atom stereocenters. The van der Waals surface area contributed by atoms with Gasteiger partial charge in [-0.15, -0.1) is 0 Å². The minimum atomic E-state index is -0.509. The second-order valence-corrected chi connectivity index (χ2v) is 4.98. The first kappa shape index (κ1) is 15.0. The number of aromatic amines is 1. The molecule has 112 valence electrons. The largest absolute Gasteiger partial charge is 0.394 e. The molecular weight excluding hydrogens is 262 g/mol. The molecular formula is C13H21N3O4. The quantitative estimate of drug-likeness (QED) is 0.668. The van der Waals surface area contributed by atoms with Gasteiger partial charge in [0.15, 0.2) is 6.23 Å². The van der Waals surface area contributed by atoms with Crippen LogP contribution in [0.1, 0.15) is 31.6 Å². The number of unbranched alkanes of at least 4 members (excludes halogenated alkanes) is 1. The second-order valence-electron chi connectivity index (χ2n) is 4.98. The molecule has 2 unspecified atom stereocenters. The fourth-order valence-corrected chi connectivity index (χ4v) is 2.24. The summed E-state index contributed by atoms with van der Waals surface area (Å²) >= 11 is 0. The molecule has 0 bridgehead atoms. The maximum atomic E-state index is 11.9. The topological polar surface area (TPSA) is 96.3 Å². The van der Waals surface area contributed by atoms with Gasteiger partial charge in [0.05, 0.1) is 12.7 Å². The first-order chi connectivity index (χ1) is 9.65. The predicted octanol–water partition coefficient (Wildman–Crippen LogP) is -0.641. The van der Waals surface area contributed by atoms with Gasteiger partial charge >= 0.3 is 5.69 Å². The van der Waals surface area contributed by atoms with Crippen molar-refractivity contribution >= 4 is 0 Å². The van der Waals surface area contributed by atoms with E-state index in [9.17, 15) is 9.59 Å². The predicted molar refractivity (Wildman–Crippen MR) is 73.8 cm³/mol. The number of ether oxygens (including phenoxy) is 1. The Bertz CT molecular complexity index is 551. The van der Waals surface area contributed by atoms with E-state index in [1.54, 1.807) is 6.20 Å². The molecule has 2 heterocycles. The maximum absolute atomic E-state index is 11.9. The number of nitrogens with one attached hydrogen (secondary N) is 2. The molecule has 1 aromatic heterocycles. The van der Waals surface area contributed by atoms with Gasteiger partial charge < -0.3 is 15.2 Å². The van der Waals surface area contributed by atoms with Crippen molar-refractivity contribution in [2.24, 2.45) is 0 Å². The highest BCUT2D eigenvalue weighted by atomic mass is 16.5. The van der Waals surface area contributed by atoms with E-state index < -0.39 is 11.9 Å². The molecule has 7 nitrogen and oxygen atoms in total. The summed E-state index contributed by atoms with van der Waals surface area (Å²) in [7, 11) is 0. The van der Waals surface area contributed by atoms with Crippen molar-refractivity contribution in [3.05, 3.63) is 32.6 Å². The van der Waals surface area contributed by atoms with Crippen LogP contribution in [0.3, 0.4) is 0 Å². The van der Waals surface area contributed by atoms with Crippen LogP contribution in [0.25, 0.3) is 0 Å². The number of aryl methyl sites for hydroxylation is 1. The lowest BCUT2D eigenvalue weighted by atomic mass is 10.1. The standard InChI is InChI=1S/C13H21N3O4/c1-2-3-4-9-7-16(13(19)15-12(9)18)11-6-14-5-10(8-17)20-11/h7,10-11,14,17H,2-6,8H2,1H3,(H,15,18,19). The number of aliphatic hydroxyl groups is 1. The van der Waals surface area contributed by atoms with Gasteiger partial charge in [-0.3, -0.25) is 14.3 Å². The summed E-state index contributed by atoms with van der Waals surface area (Å²) in [5, 5.41) is 12.2. The van der Waals surface area contributed by atoms with E-state index in [4.69, 9.17) is 9.84 Å². The Morgan fingerprint density at radius 3 is 2.95 bits per heavy atom. The van der Waals surface area contributed by atoms with Crippen molar-refractivity contribution in [1.29, 1.82) is 0 Å². The molecule has 1 saturated heterocycles. The molecule has 1 fully saturated rings. The molecule has 0 aliphatic carbocycles. The lowest BCUT2D eigenvalue weighted by Gasteiger charge is -2.30. The highest BCUT2D eigenvalue weighted by molar-refractivity contribution is 5.05. The van der Waals surface area contributed by atoms with Crippen LogP contribution in [-0.4, -0.2) is 40.5 Å². The first-order valence-corrected chi connectivity index (χ1v) is 6.97. The van der Waals surface area contributed by atoms with E-state index in [1.807, 2.05) is 6.92 Å². The van der Waals surface area contributed by atoms with E-state index in [1.165, 1.54) is 4.57 Å². The molecule has 3 N–H and O–H groups in total. The lowest BCUT2D eigenvalue weighted by molar-refractivity contribution is -0.0968. The molecule has 1 aliphatic rings. The van der Waals surface area contributed by atoms with E-state index in [2.05, 4.69) is 10.3 Å². The van der Waals surface area contributed by atoms with E-state index in [0.29, 0.717) is 25.1 Å². The number of aliphatic hydroxyl groups excluding tert-OH is 1. The van der Waals surface area contributed by atoms with Crippen molar-refractivity contribution in [1.82, 2.24) is 14.9 Å². The van der Waals surface area contributed by atoms with Crippen molar-refractivity contribution in [2.75, 3.05) is 19.7 Å². The summed E-state index contributed by atoms with van der Waals surface area (Å²) in [6, 6.07) is 0. The van der Waals surface area contributed by atoms with Crippen LogP contribution < -0.4 is 16.6 Å². The molecule has 0 spiro atoms. The minimum absolute atomic E-state index is 0.107. The van der Waals surface area contributed by atoms with Gasteiger partial charge in [-0.1, -0.05) is 13.3 Å². The average Bonchev–Trinajstić information content (AvgIpc) is 2.46. The Hall–Kier alpha value is -1.44. The van der Waals surface area contributed by atoms with Crippen LogP contribution in [0.15, 0.2) is 15.8 Å². The van der Waals surface area contributed by atoms with Crippen LogP contribution in [0.4, 0.5) is 0 Å². The summed E-state index contributed by atoms with van der Waals surface area (Å²) in [5.41, 5.74) is -0.232. The molecule has 0 aromatic carbocycles. The lowest BCUT2D eigenvalue weighted by Crippen LogP contribution is -2.47. The van der Waals surface area contributed by atoms with E-state index >= 15 is 0 Å². The Balaban J connectivity index is 2.26. The van der Waals surface area contributed by atoms with Gasteiger partial charge in [0.1, 0.15) is 0 Å². The third-order valence-electron chi connectivity index (χ3n) is 3.40. The van der Waals surface area contributed by atoms with Crippen LogP contribution in [0.5, 0.6) is 0 Å². The number of aromatic nitrogens is 2. The summed E-state index contributed by atoms with van der Waals surface area (Å²) in [5.74, 6) is 0. The fourth-order valence-electron chi connectivity index (χ4n) is 2.24. The Kier molecular flexibility index (Phi) is 5.11. The van der Waals surface area contributed by atoms with Gasteiger partial charge in [-0.05, 0) is 12.8 Å². The Morgan fingerprint density at radius 1 is 1.45 bits per heavy atom. The third kappa shape index (κ3) is 3.36. The molecule has 0 radical (unpaired) electrons. The van der Waals surface area contributed by atoms with E-state index in [0.717, 1.165) is 12.8 Å². The molecule has 7 heteroatoms. The van der Waals surface area contributed by atoms with Crippen LogP contribution in [-0.2, 0) is 11.2 Å². The molecule has 0 amide bonds. The number of hydrogen-bond acceptors (Lipinski definition) is 5. The number of rotatable bonds is 5. The number of morpholine rings is 1. The van der Waals surface area contributed by atoms with Gasteiger partial charge in [-0.25, -0.2) is 4.79 Å². The summed E-state index contributed by atoms with van der Waals surface area (Å²) in [6.07, 6.45) is 3.23. The van der Waals surface area contributed by atoms with Crippen molar-refractivity contribution < 1.29 is 9.84 Å². The monoisotopic (exact) mass is 283 g/mol. The van der Waals surface area contributed by atoms with Crippen LogP contribution in [0, 0.1) is 0 Å². The summed E-state index contributed by atoms with van der Waals surface area (Å²) in [4.78, 5) is 26.0. The van der Waals surface area contributed by atoms with Gasteiger partial charge in [0.25, 0.3) is 5.56 Å². The van der Waals surface area contributed by atoms with Crippen LogP contribution >= 0.6 is 0 Å². The molecule has 20 heavy (non-hydrogen) atoms. The normalized spacial score (nSPS) is 22.9. The first-order valence-electron chi connectivity index (χ1n) is 6.97. The van der Waals surface area contributed by atoms with Crippen molar-refractivity contribution in [3.63, 3.8) is 0 Å². The van der Waals surface area contributed by atoms with E-state index in [-0.39, 0.29) is 18.3 Å². The van der Waals surface area contributed by atoms with Gasteiger partial charge in [-0.2, -0.15) is 0 Å². The zero-order valence-corrected chi connectivity index (χ0v) is 11.6. The molecule has 1 aromatic rings. The minimum Gasteiger partial charge on any atom is -0.394 e. The SMILES string of the molecule is CCCCc1cn(C2CNCC(CO)O2)c(=O)[nH]c1=O. The Morgan fingerprint density at radius 2 is 2.25 bits per heavy atom. The number of H-pyrrole nitrogens is 1. The van der Waals surface area contributed by atoms with Gasteiger partial charge in [0.2, 0.25) is 0 Å². The fraction of sp³-hybridized carbons (Fsp3) is 0.692. The Labute approximate surface area is 116 Å². The molecule has 0 saturated carbocycles. The highest BCUT2D eigenvalue weighted by Gasteiger charge is 2.24. The molecule has 1 aliphatic heterocycles. The van der Waals surface area contributed by atoms with Gasteiger partial charge in [0, 0.05) is 24.8 Å². The third-order valence-corrected chi connectivity index (χ3v) is 3.40. The maximum Gasteiger partial charge on any atom is 0.330 e. The van der Waals surface area contributed by atoms with Crippen LogP contribution in [0.2, 0.25) is 0 Å².